The quantitative estimate of drug-likeness (QED) is 0.544. The van der Waals surface area contributed by atoms with E-state index in [0.29, 0.717) is 13.2 Å². The number of rotatable bonds is 10. The van der Waals surface area contributed by atoms with Crippen LogP contribution < -0.4 is 0 Å². The molecule has 0 aliphatic heterocycles. The van der Waals surface area contributed by atoms with Gasteiger partial charge in [0.25, 0.3) is 0 Å². The topological polar surface area (TPSA) is 36.9 Å². The van der Waals surface area contributed by atoms with Gasteiger partial charge in [-0.3, -0.25) is 0 Å². The molecule has 0 heterocycles. The van der Waals surface area contributed by atoms with Gasteiger partial charge < -0.3 is 18.9 Å². The summed E-state index contributed by atoms with van der Waals surface area (Å²) in [5.74, 6) is 0. The fraction of sp³-hybridized carbons (Fsp3) is 1.00. The highest BCUT2D eigenvalue weighted by Gasteiger charge is 1.82. The number of hydrogen-bond acceptors (Lipinski definition) is 4. The average Bonchev–Trinajstić information content (AvgIpc) is 2.31. The van der Waals surface area contributed by atoms with Crippen LogP contribution in [0.5, 0.6) is 0 Å². The Hall–Kier alpha value is -0.160. The van der Waals surface area contributed by atoms with E-state index in [1.165, 1.54) is 0 Å². The summed E-state index contributed by atoms with van der Waals surface area (Å²) in [7, 11) is 3.35. The summed E-state index contributed by atoms with van der Waals surface area (Å²) >= 11 is 0. The van der Waals surface area contributed by atoms with Gasteiger partial charge in [-0.15, -0.1) is 0 Å². The van der Waals surface area contributed by atoms with E-state index < -0.39 is 0 Å². The van der Waals surface area contributed by atoms with Gasteiger partial charge in [0.1, 0.15) is 0 Å². The van der Waals surface area contributed by atoms with E-state index in [1.807, 2.05) is 0 Å². The Morgan fingerprint density at radius 3 is 1.19 bits per heavy atom. The van der Waals surface area contributed by atoms with Gasteiger partial charge in [-0.2, -0.15) is 0 Å². The highest BCUT2D eigenvalue weighted by molar-refractivity contribution is 4.27. The van der Waals surface area contributed by atoms with Gasteiger partial charge in [-0.05, 0) is 12.8 Å². The number of ether oxygens (including phenoxy) is 4. The molecule has 0 aliphatic rings. The molecule has 0 aromatic rings. The minimum Gasteiger partial charge on any atom is -0.382 e. The molecule has 0 spiro atoms. The number of hydrogen-bond donors (Lipinski definition) is 0. The molecule has 100 valence electrons. The lowest BCUT2D eigenvalue weighted by Gasteiger charge is -1.98. The monoisotopic (exact) mass is 236 g/mol. The normalized spacial score (nSPS) is 9.75. The van der Waals surface area contributed by atoms with Gasteiger partial charge in [0.15, 0.2) is 0 Å². The molecule has 4 heteroatoms. The van der Waals surface area contributed by atoms with Crippen LogP contribution in [0.2, 0.25) is 0 Å². The van der Waals surface area contributed by atoms with Crippen LogP contribution in [0.25, 0.3) is 0 Å². The van der Waals surface area contributed by atoms with E-state index >= 15 is 0 Å². The van der Waals surface area contributed by atoms with E-state index in [2.05, 4.69) is 13.8 Å². The fourth-order valence-electron chi connectivity index (χ4n) is 0.777. The van der Waals surface area contributed by atoms with Crippen molar-refractivity contribution in [2.75, 3.05) is 53.9 Å². The summed E-state index contributed by atoms with van der Waals surface area (Å²) in [5.41, 5.74) is 0. The van der Waals surface area contributed by atoms with Crippen molar-refractivity contribution >= 4 is 0 Å². The first kappa shape index (κ1) is 18.2. The minimum atomic E-state index is 0.708. The van der Waals surface area contributed by atoms with E-state index in [-0.39, 0.29) is 0 Å². The van der Waals surface area contributed by atoms with Crippen LogP contribution in [-0.2, 0) is 18.9 Å². The Labute approximate surface area is 100 Å². The van der Waals surface area contributed by atoms with Crippen molar-refractivity contribution in [3.05, 3.63) is 0 Å². The van der Waals surface area contributed by atoms with Gasteiger partial charge in [-0.25, -0.2) is 0 Å². The van der Waals surface area contributed by atoms with Crippen molar-refractivity contribution in [1.82, 2.24) is 0 Å². The standard InChI is InChI=1S/2C6H14O2/c2*1-3-4-8-6-5-7-2/h2*3-6H2,1-2H3. The maximum Gasteiger partial charge on any atom is 0.0700 e. The van der Waals surface area contributed by atoms with Crippen LogP contribution in [0.4, 0.5) is 0 Å². The van der Waals surface area contributed by atoms with Crippen LogP contribution >= 0.6 is 0 Å². The molecule has 4 nitrogen and oxygen atoms in total. The summed E-state index contributed by atoms with van der Waals surface area (Å²) in [6.45, 7) is 8.75. The first-order chi connectivity index (χ1) is 7.83. The second-order valence-electron chi connectivity index (χ2n) is 3.21. The molecular formula is C12H28O4. The van der Waals surface area contributed by atoms with Crippen LogP contribution in [0.3, 0.4) is 0 Å². The molecule has 0 unspecified atom stereocenters. The average molecular weight is 236 g/mol. The van der Waals surface area contributed by atoms with E-state index in [1.54, 1.807) is 14.2 Å². The predicted molar refractivity (Wildman–Crippen MR) is 66.0 cm³/mol. The van der Waals surface area contributed by atoms with Crippen LogP contribution in [0.1, 0.15) is 26.7 Å². The molecular weight excluding hydrogens is 208 g/mol. The molecule has 0 saturated carbocycles. The zero-order valence-corrected chi connectivity index (χ0v) is 11.3. The second-order valence-corrected chi connectivity index (χ2v) is 3.21. The van der Waals surface area contributed by atoms with Gasteiger partial charge in [0, 0.05) is 27.4 Å². The van der Waals surface area contributed by atoms with E-state index in [0.717, 1.165) is 39.3 Å². The molecule has 16 heavy (non-hydrogen) atoms. The van der Waals surface area contributed by atoms with E-state index in [9.17, 15) is 0 Å². The molecule has 0 aromatic carbocycles. The van der Waals surface area contributed by atoms with Gasteiger partial charge in [0.2, 0.25) is 0 Å². The molecule has 0 amide bonds. The van der Waals surface area contributed by atoms with Gasteiger partial charge in [0.05, 0.1) is 26.4 Å². The smallest absolute Gasteiger partial charge is 0.0700 e. The van der Waals surface area contributed by atoms with Gasteiger partial charge in [-0.1, -0.05) is 13.8 Å². The molecule has 0 aromatic heterocycles. The van der Waals surface area contributed by atoms with Crippen LogP contribution in [-0.4, -0.2) is 53.9 Å². The summed E-state index contributed by atoms with van der Waals surface area (Å²) in [4.78, 5) is 0. The summed E-state index contributed by atoms with van der Waals surface area (Å²) in [5, 5.41) is 0. The Bertz CT molecular complexity index is 75.0. The molecule has 0 atom stereocenters. The molecule has 0 radical (unpaired) electrons. The van der Waals surface area contributed by atoms with Crippen molar-refractivity contribution < 1.29 is 18.9 Å². The van der Waals surface area contributed by atoms with Crippen LogP contribution in [0.15, 0.2) is 0 Å². The number of methoxy groups -OCH3 is 2. The molecule has 0 bridgehead atoms. The predicted octanol–water partition coefficient (Wildman–Crippen LogP) is 2.12. The minimum absolute atomic E-state index is 0.708. The summed E-state index contributed by atoms with van der Waals surface area (Å²) < 4.78 is 19.7. The maximum atomic E-state index is 5.10. The Balaban J connectivity index is 0. The molecule has 0 aliphatic carbocycles. The fourth-order valence-corrected chi connectivity index (χ4v) is 0.777. The molecule has 0 rings (SSSR count). The lowest BCUT2D eigenvalue weighted by molar-refractivity contribution is 0.0710. The van der Waals surface area contributed by atoms with Crippen molar-refractivity contribution in [3.8, 4) is 0 Å². The first-order valence-corrected chi connectivity index (χ1v) is 5.96. The lowest BCUT2D eigenvalue weighted by Crippen LogP contribution is -2.01. The Kier molecular flexibility index (Phi) is 23.1. The third-order valence-corrected chi connectivity index (χ3v) is 1.56. The highest BCUT2D eigenvalue weighted by Crippen LogP contribution is 1.79. The van der Waals surface area contributed by atoms with Crippen molar-refractivity contribution in [3.63, 3.8) is 0 Å². The zero-order chi connectivity index (χ0) is 12.5. The Morgan fingerprint density at radius 2 is 0.938 bits per heavy atom. The largest absolute Gasteiger partial charge is 0.382 e. The van der Waals surface area contributed by atoms with Gasteiger partial charge >= 0.3 is 0 Å². The molecule has 0 fully saturated rings. The van der Waals surface area contributed by atoms with E-state index in [4.69, 9.17) is 18.9 Å². The summed E-state index contributed by atoms with van der Waals surface area (Å²) in [6, 6.07) is 0. The van der Waals surface area contributed by atoms with Crippen molar-refractivity contribution in [2.24, 2.45) is 0 Å². The second kappa shape index (κ2) is 20.3. The Morgan fingerprint density at radius 1 is 0.562 bits per heavy atom. The molecule has 0 saturated heterocycles. The third-order valence-electron chi connectivity index (χ3n) is 1.56. The SMILES string of the molecule is CCCOCCOC.CCCOCCOC. The van der Waals surface area contributed by atoms with Crippen molar-refractivity contribution in [2.45, 2.75) is 26.7 Å². The van der Waals surface area contributed by atoms with Crippen LogP contribution in [0, 0.1) is 0 Å². The first-order valence-electron chi connectivity index (χ1n) is 5.96. The zero-order valence-electron chi connectivity index (χ0n) is 11.3. The maximum absolute atomic E-state index is 5.10. The van der Waals surface area contributed by atoms with Crippen molar-refractivity contribution in [1.29, 1.82) is 0 Å². The lowest BCUT2D eigenvalue weighted by atomic mass is 10.5. The third kappa shape index (κ3) is 23.6. The summed E-state index contributed by atoms with van der Waals surface area (Å²) in [6.07, 6.45) is 2.17. The highest BCUT2D eigenvalue weighted by atomic mass is 16.5. The molecule has 0 N–H and O–H groups in total.